The number of rotatable bonds is 8. The number of nitrogens with one attached hydrogen (secondary N) is 2. The van der Waals surface area contributed by atoms with Crippen LogP contribution in [0.1, 0.15) is 12.8 Å². The lowest BCUT2D eigenvalue weighted by Crippen LogP contribution is -2.44. The molecule has 2 aromatic rings. The molecule has 1 aromatic heterocycles. The normalized spacial score (nSPS) is 24.4. The van der Waals surface area contributed by atoms with Crippen LogP contribution in [0, 0.1) is 0 Å². The van der Waals surface area contributed by atoms with Gasteiger partial charge in [0, 0.05) is 18.2 Å². The number of carboxylic acid groups (broad SMARTS) is 1. The second kappa shape index (κ2) is 9.27. The molecule has 10 nitrogen and oxygen atoms in total. The number of fused-ring (bicyclic) bond motifs is 1. The smallest absolute Gasteiger partial charge is 0.303 e. The Morgan fingerprint density at radius 2 is 1.81 bits per heavy atom. The van der Waals surface area contributed by atoms with Gasteiger partial charge in [-0.2, -0.15) is 0 Å². The predicted molar refractivity (Wildman–Crippen MR) is 110 cm³/mol. The Labute approximate surface area is 178 Å². The highest BCUT2D eigenvalue weighted by Gasteiger charge is 2.48. The van der Waals surface area contributed by atoms with Crippen LogP contribution in [0.15, 0.2) is 36.5 Å². The number of aromatic nitrogens is 2. The number of hydrogen-bond donors (Lipinski definition) is 3. The van der Waals surface area contributed by atoms with E-state index < -0.39 is 5.97 Å². The second-order valence-electron chi connectivity index (χ2n) is 7.41. The third kappa shape index (κ3) is 4.92. The van der Waals surface area contributed by atoms with Gasteiger partial charge in [-0.1, -0.05) is 0 Å². The zero-order chi connectivity index (χ0) is 21.8. The number of anilines is 1. The van der Waals surface area contributed by atoms with Crippen molar-refractivity contribution >= 4 is 17.8 Å². The Morgan fingerprint density at radius 3 is 2.52 bits per heavy atom. The molecule has 4 atom stereocenters. The van der Waals surface area contributed by atoms with Crippen LogP contribution in [0.3, 0.4) is 0 Å². The Bertz CT molecular complexity index is 938. The first kappa shape index (κ1) is 21.0. The van der Waals surface area contributed by atoms with Crippen LogP contribution < -0.4 is 15.4 Å². The topological polar surface area (TPSA) is 132 Å². The molecule has 3 N–H and O–H groups in total. The third-order valence-corrected chi connectivity index (χ3v) is 5.32. The van der Waals surface area contributed by atoms with Crippen molar-refractivity contribution in [3.05, 3.63) is 36.5 Å². The lowest BCUT2D eigenvalue weighted by atomic mass is 10.1. The van der Waals surface area contributed by atoms with E-state index in [1.54, 1.807) is 13.3 Å². The Balaban J connectivity index is 1.37. The molecule has 0 spiro atoms. The highest BCUT2D eigenvalue weighted by atomic mass is 16.6. The van der Waals surface area contributed by atoms with Gasteiger partial charge in [0.15, 0.2) is 0 Å². The van der Waals surface area contributed by atoms with Gasteiger partial charge in [-0.15, -0.1) is 0 Å². The van der Waals surface area contributed by atoms with E-state index in [9.17, 15) is 9.59 Å². The van der Waals surface area contributed by atoms with E-state index in [4.69, 9.17) is 19.3 Å². The van der Waals surface area contributed by atoms with Gasteiger partial charge in [-0.3, -0.25) is 9.59 Å². The number of carboxylic acids is 1. The molecular formula is C21H24N4O6. The van der Waals surface area contributed by atoms with Gasteiger partial charge in [0.05, 0.1) is 44.5 Å². The number of ether oxygens (including phenoxy) is 3. The van der Waals surface area contributed by atoms with E-state index in [1.165, 1.54) is 0 Å². The van der Waals surface area contributed by atoms with Crippen molar-refractivity contribution in [1.82, 2.24) is 15.3 Å². The average molecular weight is 428 g/mol. The van der Waals surface area contributed by atoms with Crippen molar-refractivity contribution in [2.75, 3.05) is 25.6 Å². The number of benzene rings is 1. The number of carbonyl (C=O) groups excluding carboxylic acids is 1. The minimum atomic E-state index is -1.01. The summed E-state index contributed by atoms with van der Waals surface area (Å²) < 4.78 is 16.9. The number of amides is 1. The monoisotopic (exact) mass is 428 g/mol. The van der Waals surface area contributed by atoms with Crippen molar-refractivity contribution in [2.24, 2.45) is 0 Å². The van der Waals surface area contributed by atoms with Gasteiger partial charge in [-0.25, -0.2) is 9.97 Å². The Morgan fingerprint density at radius 1 is 1.10 bits per heavy atom. The summed E-state index contributed by atoms with van der Waals surface area (Å²) in [5, 5.41) is 14.8. The molecule has 1 aromatic carbocycles. The molecule has 10 heteroatoms. The lowest BCUT2D eigenvalue weighted by molar-refractivity contribution is -0.139. The molecule has 2 fully saturated rings. The van der Waals surface area contributed by atoms with E-state index in [1.807, 2.05) is 30.3 Å². The first-order valence-electron chi connectivity index (χ1n) is 10.0. The van der Waals surface area contributed by atoms with Crippen LogP contribution in [0.2, 0.25) is 0 Å². The van der Waals surface area contributed by atoms with Crippen LogP contribution in [0.4, 0.5) is 5.95 Å². The molecule has 164 valence electrons. The first-order chi connectivity index (χ1) is 15.0. The highest BCUT2D eigenvalue weighted by molar-refractivity contribution is 5.80. The maximum absolute atomic E-state index is 11.9. The number of aliphatic carboxylic acids is 1. The maximum atomic E-state index is 11.9. The summed E-state index contributed by atoms with van der Waals surface area (Å²) in [6.45, 7) is 0.687. The summed E-state index contributed by atoms with van der Waals surface area (Å²) >= 11 is 0. The van der Waals surface area contributed by atoms with Crippen LogP contribution >= 0.6 is 0 Å². The summed E-state index contributed by atoms with van der Waals surface area (Å²) in [4.78, 5) is 31.5. The number of hydrogen-bond acceptors (Lipinski definition) is 8. The molecule has 2 aliphatic heterocycles. The molecular weight excluding hydrogens is 404 g/mol. The second-order valence-corrected chi connectivity index (χ2v) is 7.41. The first-order valence-corrected chi connectivity index (χ1v) is 10.0. The summed E-state index contributed by atoms with van der Waals surface area (Å²) in [6.07, 6.45) is 0.828. The van der Waals surface area contributed by atoms with E-state index in [0.29, 0.717) is 19.2 Å². The van der Waals surface area contributed by atoms with Crippen molar-refractivity contribution in [3.8, 4) is 17.0 Å². The van der Waals surface area contributed by atoms with Gasteiger partial charge in [-0.05, 0) is 30.3 Å². The summed E-state index contributed by atoms with van der Waals surface area (Å²) in [7, 11) is 1.62. The van der Waals surface area contributed by atoms with E-state index in [-0.39, 0.29) is 43.0 Å². The summed E-state index contributed by atoms with van der Waals surface area (Å²) in [5.74, 6) is -0.102. The van der Waals surface area contributed by atoms with Crippen molar-refractivity contribution in [1.29, 1.82) is 0 Å². The molecule has 2 saturated heterocycles. The van der Waals surface area contributed by atoms with Crippen LogP contribution in [-0.2, 0) is 19.1 Å². The van der Waals surface area contributed by atoms with Gasteiger partial charge in [0.1, 0.15) is 18.0 Å². The SMILES string of the molecule is COc1ccc(-c2ccnc(N[C@@H]3CO[C@@H]4[C@@H]3OC[C@@H]4NC(=O)CCC(=O)O)n2)cc1. The van der Waals surface area contributed by atoms with Crippen LogP contribution in [0.25, 0.3) is 11.3 Å². The van der Waals surface area contributed by atoms with Crippen LogP contribution in [0.5, 0.6) is 5.75 Å². The Kier molecular flexibility index (Phi) is 6.28. The Hall–Kier alpha value is -3.24. The third-order valence-electron chi connectivity index (χ3n) is 5.32. The summed E-state index contributed by atoms with van der Waals surface area (Å²) in [5.41, 5.74) is 1.71. The quantitative estimate of drug-likeness (QED) is 0.565. The minimum Gasteiger partial charge on any atom is -0.497 e. The molecule has 0 aliphatic carbocycles. The molecule has 0 bridgehead atoms. The summed E-state index contributed by atoms with van der Waals surface area (Å²) in [6, 6.07) is 8.94. The molecule has 2 aliphatic rings. The largest absolute Gasteiger partial charge is 0.497 e. The molecule has 1 amide bonds. The molecule has 0 saturated carbocycles. The fourth-order valence-corrected chi connectivity index (χ4v) is 3.76. The fourth-order valence-electron chi connectivity index (χ4n) is 3.76. The standard InChI is InChI=1S/C21H24N4O6/c1-29-13-4-2-12(3-5-13)14-8-9-22-21(24-14)25-16-11-31-19-15(10-30-20(16)19)23-17(26)6-7-18(27)28/h2-5,8-9,15-16,19-20H,6-7,10-11H2,1H3,(H,23,26)(H,27,28)(H,22,24,25)/t15-,16+,19-,20+/m0/s1. The van der Waals surface area contributed by atoms with Gasteiger partial charge < -0.3 is 30.0 Å². The maximum Gasteiger partial charge on any atom is 0.303 e. The zero-order valence-electron chi connectivity index (χ0n) is 17.0. The zero-order valence-corrected chi connectivity index (χ0v) is 17.0. The van der Waals surface area contributed by atoms with E-state index in [0.717, 1.165) is 17.0 Å². The molecule has 0 radical (unpaired) electrons. The van der Waals surface area contributed by atoms with Gasteiger partial charge in [0.2, 0.25) is 11.9 Å². The average Bonchev–Trinajstić information content (AvgIpc) is 3.36. The van der Waals surface area contributed by atoms with Gasteiger partial charge >= 0.3 is 5.97 Å². The molecule has 4 rings (SSSR count). The highest BCUT2D eigenvalue weighted by Crippen LogP contribution is 2.29. The van der Waals surface area contributed by atoms with E-state index >= 15 is 0 Å². The number of nitrogens with zero attached hydrogens (tertiary/aromatic N) is 2. The van der Waals surface area contributed by atoms with Crippen molar-refractivity contribution < 1.29 is 28.9 Å². The van der Waals surface area contributed by atoms with Crippen molar-refractivity contribution in [2.45, 2.75) is 37.1 Å². The van der Waals surface area contributed by atoms with Gasteiger partial charge in [0.25, 0.3) is 0 Å². The number of carbonyl (C=O) groups is 2. The molecule has 3 heterocycles. The lowest BCUT2D eigenvalue weighted by Gasteiger charge is -2.18. The van der Waals surface area contributed by atoms with E-state index in [2.05, 4.69) is 20.6 Å². The van der Waals surface area contributed by atoms with Crippen molar-refractivity contribution in [3.63, 3.8) is 0 Å². The minimum absolute atomic E-state index is 0.0725. The predicted octanol–water partition coefficient (Wildman–Crippen LogP) is 1.08. The fraction of sp³-hybridized carbons (Fsp3) is 0.429. The molecule has 31 heavy (non-hydrogen) atoms. The van der Waals surface area contributed by atoms with Crippen LogP contribution in [-0.4, -0.2) is 71.6 Å². The number of methoxy groups -OCH3 is 1. The molecule has 0 unspecified atom stereocenters.